The highest BCUT2D eigenvalue weighted by Crippen LogP contribution is 2.19. The SMILES string of the molecule is CC(C#N)CN(C)c1ccc(C=O)cc1F. The predicted octanol–water partition coefficient (Wildman–Crippen LogP) is 2.23. The van der Waals surface area contributed by atoms with Crippen LogP contribution in [-0.4, -0.2) is 19.9 Å². The molecular weight excluding hydrogens is 207 g/mol. The van der Waals surface area contributed by atoms with E-state index in [-0.39, 0.29) is 5.92 Å². The molecule has 0 saturated carbocycles. The number of anilines is 1. The average molecular weight is 220 g/mol. The van der Waals surface area contributed by atoms with Gasteiger partial charge >= 0.3 is 0 Å². The average Bonchev–Trinajstić information content (AvgIpc) is 2.28. The second-order valence-corrected chi connectivity index (χ2v) is 3.74. The van der Waals surface area contributed by atoms with Crippen LogP contribution in [0.4, 0.5) is 10.1 Å². The molecule has 0 aliphatic rings. The second-order valence-electron chi connectivity index (χ2n) is 3.74. The smallest absolute Gasteiger partial charge is 0.150 e. The fourth-order valence-electron chi connectivity index (χ4n) is 1.46. The highest BCUT2D eigenvalue weighted by atomic mass is 19.1. The number of carbonyl (C=O) groups excluding carboxylic acids is 1. The quantitative estimate of drug-likeness (QED) is 0.731. The molecule has 0 fully saturated rings. The lowest BCUT2D eigenvalue weighted by molar-refractivity contribution is 0.112. The Morgan fingerprint density at radius 3 is 2.81 bits per heavy atom. The Hall–Kier alpha value is -1.89. The van der Waals surface area contributed by atoms with E-state index in [1.165, 1.54) is 6.07 Å². The van der Waals surface area contributed by atoms with Gasteiger partial charge in [0.05, 0.1) is 17.7 Å². The minimum atomic E-state index is -0.447. The Bertz CT molecular complexity index is 426. The van der Waals surface area contributed by atoms with E-state index in [4.69, 9.17) is 5.26 Å². The van der Waals surface area contributed by atoms with Crippen LogP contribution in [0.5, 0.6) is 0 Å². The van der Waals surface area contributed by atoms with Crippen LogP contribution < -0.4 is 4.90 Å². The van der Waals surface area contributed by atoms with Crippen LogP contribution >= 0.6 is 0 Å². The third kappa shape index (κ3) is 2.80. The first-order valence-electron chi connectivity index (χ1n) is 4.94. The molecule has 0 spiro atoms. The summed E-state index contributed by atoms with van der Waals surface area (Å²) in [6.45, 7) is 2.22. The first kappa shape index (κ1) is 12.2. The van der Waals surface area contributed by atoms with Gasteiger partial charge in [-0.05, 0) is 25.1 Å². The highest BCUT2D eigenvalue weighted by Gasteiger charge is 2.10. The van der Waals surface area contributed by atoms with Gasteiger partial charge in [-0.1, -0.05) is 0 Å². The molecule has 0 bridgehead atoms. The Labute approximate surface area is 94.1 Å². The Morgan fingerprint density at radius 1 is 1.62 bits per heavy atom. The van der Waals surface area contributed by atoms with Gasteiger partial charge in [0, 0.05) is 19.2 Å². The van der Waals surface area contributed by atoms with Crippen LogP contribution in [0.25, 0.3) is 0 Å². The normalized spacial score (nSPS) is 11.6. The molecule has 1 aromatic rings. The van der Waals surface area contributed by atoms with E-state index in [0.717, 1.165) is 0 Å². The van der Waals surface area contributed by atoms with E-state index >= 15 is 0 Å². The summed E-state index contributed by atoms with van der Waals surface area (Å²) in [4.78, 5) is 12.1. The van der Waals surface area contributed by atoms with Crippen molar-refractivity contribution in [3.63, 3.8) is 0 Å². The molecule has 0 heterocycles. The number of rotatable bonds is 4. The maximum Gasteiger partial charge on any atom is 0.150 e. The van der Waals surface area contributed by atoms with Crippen molar-refractivity contribution >= 4 is 12.0 Å². The van der Waals surface area contributed by atoms with Crippen molar-refractivity contribution in [1.82, 2.24) is 0 Å². The number of halogens is 1. The predicted molar refractivity (Wildman–Crippen MR) is 59.8 cm³/mol. The van der Waals surface area contributed by atoms with Crippen LogP contribution in [0.2, 0.25) is 0 Å². The zero-order valence-electron chi connectivity index (χ0n) is 9.27. The molecule has 1 aromatic carbocycles. The summed E-state index contributed by atoms with van der Waals surface area (Å²) in [5.74, 6) is -0.618. The maximum absolute atomic E-state index is 13.6. The summed E-state index contributed by atoms with van der Waals surface area (Å²) in [7, 11) is 1.72. The molecule has 0 aliphatic heterocycles. The zero-order valence-corrected chi connectivity index (χ0v) is 9.27. The number of hydrogen-bond acceptors (Lipinski definition) is 3. The number of nitrogens with zero attached hydrogens (tertiary/aromatic N) is 2. The first-order chi connectivity index (χ1) is 7.58. The van der Waals surface area contributed by atoms with Gasteiger partial charge in [-0.15, -0.1) is 0 Å². The van der Waals surface area contributed by atoms with Gasteiger partial charge in [0.15, 0.2) is 0 Å². The molecule has 84 valence electrons. The molecule has 1 rings (SSSR count). The van der Waals surface area contributed by atoms with Gasteiger partial charge in [0.25, 0.3) is 0 Å². The molecule has 0 radical (unpaired) electrons. The van der Waals surface area contributed by atoms with E-state index in [0.29, 0.717) is 24.1 Å². The molecule has 3 nitrogen and oxygen atoms in total. The number of aldehydes is 1. The minimum Gasteiger partial charge on any atom is -0.371 e. The maximum atomic E-state index is 13.6. The van der Waals surface area contributed by atoms with Gasteiger partial charge in [0.1, 0.15) is 12.1 Å². The van der Waals surface area contributed by atoms with Crippen LogP contribution in [0.15, 0.2) is 18.2 Å². The summed E-state index contributed by atoms with van der Waals surface area (Å²) in [5, 5.41) is 8.67. The Balaban J connectivity index is 2.88. The Kier molecular flexibility index (Phi) is 4.01. The van der Waals surface area contributed by atoms with Crippen molar-refractivity contribution in [2.24, 2.45) is 5.92 Å². The van der Waals surface area contributed by atoms with E-state index in [1.54, 1.807) is 31.0 Å². The van der Waals surface area contributed by atoms with Crippen molar-refractivity contribution in [2.75, 3.05) is 18.5 Å². The molecule has 1 atom stereocenters. The van der Waals surface area contributed by atoms with Gasteiger partial charge in [-0.2, -0.15) is 5.26 Å². The fraction of sp³-hybridized carbons (Fsp3) is 0.333. The fourth-order valence-corrected chi connectivity index (χ4v) is 1.46. The van der Waals surface area contributed by atoms with Crippen LogP contribution in [0, 0.1) is 23.1 Å². The van der Waals surface area contributed by atoms with E-state index in [9.17, 15) is 9.18 Å². The number of nitriles is 1. The molecule has 0 aliphatic carbocycles. The lowest BCUT2D eigenvalue weighted by Crippen LogP contribution is -2.24. The summed E-state index contributed by atoms with van der Waals surface area (Å²) >= 11 is 0. The van der Waals surface area contributed by atoms with Crippen molar-refractivity contribution in [1.29, 1.82) is 5.26 Å². The van der Waals surface area contributed by atoms with Crippen molar-refractivity contribution in [2.45, 2.75) is 6.92 Å². The third-order valence-corrected chi connectivity index (χ3v) is 2.29. The molecule has 1 unspecified atom stereocenters. The van der Waals surface area contributed by atoms with Crippen LogP contribution in [0.1, 0.15) is 17.3 Å². The van der Waals surface area contributed by atoms with Crippen LogP contribution in [-0.2, 0) is 0 Å². The van der Waals surface area contributed by atoms with E-state index in [2.05, 4.69) is 6.07 Å². The van der Waals surface area contributed by atoms with Gasteiger partial charge in [-0.3, -0.25) is 4.79 Å². The minimum absolute atomic E-state index is 0.171. The monoisotopic (exact) mass is 220 g/mol. The van der Waals surface area contributed by atoms with Crippen LogP contribution in [0.3, 0.4) is 0 Å². The molecule has 0 N–H and O–H groups in total. The first-order valence-corrected chi connectivity index (χ1v) is 4.94. The largest absolute Gasteiger partial charge is 0.371 e. The molecular formula is C12H13FN2O. The molecule has 0 saturated heterocycles. The standard InChI is InChI=1S/C12H13FN2O/c1-9(6-14)7-15(2)12-4-3-10(8-16)5-11(12)13/h3-5,8-9H,7H2,1-2H3. The highest BCUT2D eigenvalue weighted by molar-refractivity contribution is 5.75. The summed E-state index contributed by atoms with van der Waals surface area (Å²) in [6, 6.07) is 6.38. The summed E-state index contributed by atoms with van der Waals surface area (Å²) < 4.78 is 13.6. The summed E-state index contributed by atoms with van der Waals surface area (Å²) in [5.41, 5.74) is 0.704. The zero-order chi connectivity index (χ0) is 12.1. The van der Waals surface area contributed by atoms with E-state index < -0.39 is 5.82 Å². The second kappa shape index (κ2) is 5.26. The van der Waals surface area contributed by atoms with Gasteiger partial charge in [-0.25, -0.2) is 4.39 Å². The van der Waals surface area contributed by atoms with Crippen molar-refractivity contribution in [3.05, 3.63) is 29.6 Å². The molecule has 4 heteroatoms. The molecule has 0 amide bonds. The van der Waals surface area contributed by atoms with Gasteiger partial charge < -0.3 is 4.90 Å². The topological polar surface area (TPSA) is 44.1 Å². The summed E-state index contributed by atoms with van der Waals surface area (Å²) in [6.07, 6.45) is 0.602. The lowest BCUT2D eigenvalue weighted by Gasteiger charge is -2.21. The van der Waals surface area contributed by atoms with Gasteiger partial charge in [0.2, 0.25) is 0 Å². The molecule has 0 aromatic heterocycles. The number of benzene rings is 1. The van der Waals surface area contributed by atoms with Crippen molar-refractivity contribution in [3.8, 4) is 6.07 Å². The lowest BCUT2D eigenvalue weighted by atomic mass is 10.1. The molecule has 16 heavy (non-hydrogen) atoms. The number of carbonyl (C=O) groups is 1. The van der Waals surface area contributed by atoms with Crippen molar-refractivity contribution < 1.29 is 9.18 Å². The van der Waals surface area contributed by atoms with E-state index in [1.807, 2.05) is 0 Å². The third-order valence-electron chi connectivity index (χ3n) is 2.29. The Morgan fingerprint density at radius 2 is 2.31 bits per heavy atom. The number of hydrogen-bond donors (Lipinski definition) is 0.